The summed E-state index contributed by atoms with van der Waals surface area (Å²) in [5.74, 6) is 5.07. The molecule has 1 unspecified atom stereocenters. The first kappa shape index (κ1) is 21.5. The van der Waals surface area contributed by atoms with Crippen LogP contribution in [0.3, 0.4) is 0 Å². The number of carboxylic acids is 1. The molecule has 4 atom stereocenters. The predicted molar refractivity (Wildman–Crippen MR) is 110 cm³/mol. The van der Waals surface area contributed by atoms with Gasteiger partial charge in [0.1, 0.15) is 17.7 Å². The molecule has 1 aromatic carbocycles. The average molecular weight is 405 g/mol. The molecule has 1 fully saturated rings. The van der Waals surface area contributed by atoms with E-state index in [4.69, 9.17) is 26.6 Å². The van der Waals surface area contributed by atoms with Crippen molar-refractivity contribution in [2.24, 2.45) is 11.6 Å². The Hall–Kier alpha value is -2.16. The lowest BCUT2D eigenvalue weighted by Crippen LogP contribution is -2.54. The van der Waals surface area contributed by atoms with E-state index in [1.807, 2.05) is 12.1 Å². The number of carboxylic acid groups (broad SMARTS) is 1. The molecule has 0 amide bonds. The molecule has 1 aliphatic carbocycles. The van der Waals surface area contributed by atoms with Crippen molar-refractivity contribution in [1.82, 2.24) is 5.32 Å². The third-order valence-corrected chi connectivity index (χ3v) is 6.38. The Morgan fingerprint density at radius 3 is 2.83 bits per heavy atom. The van der Waals surface area contributed by atoms with Crippen molar-refractivity contribution in [3.63, 3.8) is 0 Å². The second kappa shape index (κ2) is 8.30. The fraction of sp³-hybridized carbons (Fsp3) is 0.619. The third kappa shape index (κ3) is 4.55. The number of nitrogens with two attached hydrogens (primary N) is 2. The van der Waals surface area contributed by atoms with Gasteiger partial charge in [0.25, 0.3) is 0 Å². The molecule has 8 nitrogen and oxygen atoms in total. The molecule has 0 saturated heterocycles. The summed E-state index contributed by atoms with van der Waals surface area (Å²) in [6, 6.07) is 5.80. The van der Waals surface area contributed by atoms with Gasteiger partial charge in [0.05, 0.1) is 0 Å². The summed E-state index contributed by atoms with van der Waals surface area (Å²) in [7, 11) is 0. The first-order chi connectivity index (χ1) is 13.7. The molecule has 2 aliphatic rings. The number of carbonyl (C=O) groups is 1. The molecule has 3 rings (SSSR count). The highest BCUT2D eigenvalue weighted by Gasteiger charge is 2.46. The van der Waals surface area contributed by atoms with Crippen LogP contribution in [0.4, 0.5) is 0 Å². The fourth-order valence-corrected chi connectivity index (χ4v) is 4.22. The van der Waals surface area contributed by atoms with E-state index in [1.165, 1.54) is 6.92 Å². The van der Waals surface area contributed by atoms with Crippen molar-refractivity contribution in [2.75, 3.05) is 0 Å². The van der Waals surface area contributed by atoms with E-state index < -0.39 is 17.7 Å². The highest BCUT2D eigenvalue weighted by atomic mass is 16.7. The summed E-state index contributed by atoms with van der Waals surface area (Å²) in [5.41, 5.74) is 6.09. The van der Waals surface area contributed by atoms with Crippen LogP contribution in [0.2, 0.25) is 0 Å². The maximum absolute atomic E-state index is 11.5. The van der Waals surface area contributed by atoms with Gasteiger partial charge in [-0.3, -0.25) is 10.2 Å². The number of benzene rings is 1. The van der Waals surface area contributed by atoms with Crippen LogP contribution in [0.25, 0.3) is 0 Å². The number of nitrogens with one attached hydrogen (secondary N) is 2. The quantitative estimate of drug-likeness (QED) is 0.219. The molecular weight excluding hydrogens is 372 g/mol. The van der Waals surface area contributed by atoms with Crippen LogP contribution >= 0.6 is 0 Å². The van der Waals surface area contributed by atoms with Gasteiger partial charge in [-0.2, -0.15) is 0 Å². The number of amidine groups is 1. The minimum atomic E-state index is -1.61. The molecular formula is C21H32N4O4. The van der Waals surface area contributed by atoms with Gasteiger partial charge in [-0.05, 0) is 82.6 Å². The maximum Gasteiger partial charge on any atom is 0.341 e. The van der Waals surface area contributed by atoms with Crippen molar-refractivity contribution >= 4 is 11.8 Å². The SMILES string of the molecule is C[C@@]1(NC(=N)c2ccc3c(c2)CC[C@H]([C@](C)(ON)C(=O)O)O3)CCCC(N)CC1. The number of aliphatic carboxylic acids is 1. The molecule has 0 spiro atoms. The normalized spacial score (nSPS) is 29.0. The Bertz CT molecular complexity index is 786. The van der Waals surface area contributed by atoms with Crippen LogP contribution in [0.15, 0.2) is 18.2 Å². The molecule has 160 valence electrons. The highest BCUT2D eigenvalue weighted by Crippen LogP contribution is 2.34. The molecule has 0 radical (unpaired) electrons. The Kier molecular flexibility index (Phi) is 6.16. The Morgan fingerprint density at radius 2 is 2.14 bits per heavy atom. The van der Waals surface area contributed by atoms with Crippen molar-refractivity contribution in [2.45, 2.75) is 82.1 Å². The van der Waals surface area contributed by atoms with Crippen molar-refractivity contribution in [3.05, 3.63) is 29.3 Å². The molecule has 1 saturated carbocycles. The third-order valence-electron chi connectivity index (χ3n) is 6.38. The van der Waals surface area contributed by atoms with Crippen LogP contribution in [0, 0.1) is 5.41 Å². The van der Waals surface area contributed by atoms with Gasteiger partial charge in [0.15, 0.2) is 0 Å². The number of rotatable bonds is 5. The number of hydrogen-bond donors (Lipinski definition) is 5. The molecule has 29 heavy (non-hydrogen) atoms. The number of hydrogen-bond acceptors (Lipinski definition) is 6. The summed E-state index contributed by atoms with van der Waals surface area (Å²) in [5, 5.41) is 21.4. The van der Waals surface area contributed by atoms with Gasteiger partial charge in [-0.15, -0.1) is 0 Å². The van der Waals surface area contributed by atoms with Gasteiger partial charge in [-0.1, -0.05) is 0 Å². The summed E-state index contributed by atoms with van der Waals surface area (Å²) in [6.07, 6.45) is 5.39. The van der Waals surface area contributed by atoms with Crippen molar-refractivity contribution in [1.29, 1.82) is 5.41 Å². The van der Waals surface area contributed by atoms with Crippen molar-refractivity contribution < 1.29 is 19.5 Å². The van der Waals surface area contributed by atoms with Crippen LogP contribution in [0.5, 0.6) is 5.75 Å². The zero-order valence-corrected chi connectivity index (χ0v) is 17.2. The second-order valence-electron chi connectivity index (χ2n) is 8.75. The average Bonchev–Trinajstić information content (AvgIpc) is 2.87. The van der Waals surface area contributed by atoms with Gasteiger partial charge in [0.2, 0.25) is 5.60 Å². The maximum atomic E-state index is 11.5. The largest absolute Gasteiger partial charge is 0.486 e. The van der Waals surface area contributed by atoms with Gasteiger partial charge >= 0.3 is 5.97 Å². The Morgan fingerprint density at radius 1 is 1.38 bits per heavy atom. The summed E-state index contributed by atoms with van der Waals surface area (Å²) < 4.78 is 5.89. The number of fused-ring (bicyclic) bond motifs is 1. The summed E-state index contributed by atoms with van der Waals surface area (Å²) >= 11 is 0. The minimum absolute atomic E-state index is 0.134. The molecule has 1 aliphatic heterocycles. The van der Waals surface area contributed by atoms with Gasteiger partial charge in [-0.25, -0.2) is 10.7 Å². The lowest BCUT2D eigenvalue weighted by Gasteiger charge is -2.35. The van der Waals surface area contributed by atoms with Crippen LogP contribution in [-0.4, -0.2) is 40.2 Å². The predicted octanol–water partition coefficient (Wildman–Crippen LogP) is 2.08. The van der Waals surface area contributed by atoms with Crippen LogP contribution in [0.1, 0.15) is 63.5 Å². The number of ether oxygens (including phenoxy) is 1. The highest BCUT2D eigenvalue weighted by molar-refractivity contribution is 5.97. The fourth-order valence-electron chi connectivity index (χ4n) is 4.22. The topological polar surface area (TPSA) is 144 Å². The lowest BCUT2D eigenvalue weighted by atomic mass is 9.89. The first-order valence-corrected chi connectivity index (χ1v) is 10.2. The zero-order chi connectivity index (χ0) is 21.2. The minimum Gasteiger partial charge on any atom is -0.486 e. The first-order valence-electron chi connectivity index (χ1n) is 10.2. The Balaban J connectivity index is 1.71. The van der Waals surface area contributed by atoms with E-state index in [9.17, 15) is 9.90 Å². The van der Waals surface area contributed by atoms with E-state index in [0.717, 1.165) is 43.2 Å². The molecule has 0 aromatic heterocycles. The molecule has 1 aromatic rings. The summed E-state index contributed by atoms with van der Waals surface area (Å²) in [6.45, 7) is 3.57. The van der Waals surface area contributed by atoms with Crippen molar-refractivity contribution in [3.8, 4) is 5.75 Å². The Labute approximate surface area is 171 Å². The van der Waals surface area contributed by atoms with Gasteiger partial charge < -0.3 is 20.9 Å². The number of aryl methyl sites for hydroxylation is 1. The van der Waals surface area contributed by atoms with E-state index >= 15 is 0 Å². The van der Waals surface area contributed by atoms with Gasteiger partial charge in [0, 0.05) is 17.1 Å². The smallest absolute Gasteiger partial charge is 0.341 e. The molecule has 0 bridgehead atoms. The molecule has 8 heteroatoms. The monoisotopic (exact) mass is 404 g/mol. The lowest BCUT2D eigenvalue weighted by molar-refractivity contribution is -0.179. The van der Waals surface area contributed by atoms with E-state index in [1.54, 1.807) is 6.07 Å². The molecule has 7 N–H and O–H groups in total. The summed E-state index contributed by atoms with van der Waals surface area (Å²) in [4.78, 5) is 16.3. The van der Waals surface area contributed by atoms with E-state index in [2.05, 4.69) is 12.2 Å². The molecule has 1 heterocycles. The standard InChI is InChI=1S/C21H32N4O4/c1-20(10-3-4-15(22)9-11-20)25-18(23)14-5-7-16-13(12-14)6-8-17(28-16)21(2,29-24)19(26)27/h5,7,12,15,17H,3-4,6,8-11,22,24H2,1-2H3,(H2,23,25)(H,26,27)/t15?,17-,20-,21+/m1/s1. The van der Waals surface area contributed by atoms with E-state index in [-0.39, 0.29) is 11.6 Å². The second-order valence-corrected chi connectivity index (χ2v) is 8.75. The van der Waals surface area contributed by atoms with Crippen LogP contribution in [-0.2, 0) is 16.1 Å². The van der Waals surface area contributed by atoms with Crippen LogP contribution < -0.4 is 21.7 Å². The van der Waals surface area contributed by atoms with E-state index in [0.29, 0.717) is 24.4 Å². The zero-order valence-electron chi connectivity index (χ0n) is 17.2.